The minimum atomic E-state index is -0.613. The van der Waals surface area contributed by atoms with Crippen LogP contribution in [0.15, 0.2) is 23.6 Å². The normalized spacial score (nSPS) is 11.5. The van der Waals surface area contributed by atoms with Crippen LogP contribution < -0.4 is 20.5 Å². The molecule has 1 amide bonds. The lowest BCUT2D eigenvalue weighted by molar-refractivity contribution is -0.141. The van der Waals surface area contributed by atoms with Crippen LogP contribution in [0.5, 0.6) is 11.5 Å². The molecule has 8 nitrogen and oxygen atoms in total. The van der Waals surface area contributed by atoms with Gasteiger partial charge in [-0.05, 0) is 17.7 Å². The highest BCUT2D eigenvalue weighted by molar-refractivity contribution is 7.09. The Morgan fingerprint density at radius 2 is 1.96 bits per heavy atom. The Kier molecular flexibility index (Phi) is 6.93. The number of nitrogens with one attached hydrogen (secondary N) is 1. The zero-order valence-corrected chi connectivity index (χ0v) is 15.6. The van der Waals surface area contributed by atoms with Crippen molar-refractivity contribution in [2.24, 2.45) is 5.73 Å². The molecule has 1 aromatic heterocycles. The van der Waals surface area contributed by atoms with Gasteiger partial charge in [-0.2, -0.15) is 0 Å². The zero-order valence-electron chi connectivity index (χ0n) is 14.8. The topological polar surface area (TPSA) is 113 Å². The van der Waals surface area contributed by atoms with Crippen molar-refractivity contribution in [3.63, 3.8) is 0 Å². The molecule has 0 aliphatic rings. The van der Waals surface area contributed by atoms with Gasteiger partial charge in [-0.25, -0.2) is 4.98 Å². The Bertz CT molecular complexity index is 778. The summed E-state index contributed by atoms with van der Waals surface area (Å²) in [5.74, 6) is 0.190. The summed E-state index contributed by atoms with van der Waals surface area (Å²) in [6.07, 6.45) is -0.0361. The molecule has 2 aromatic rings. The minimum absolute atomic E-state index is 0.0361. The molecule has 0 aliphatic carbocycles. The van der Waals surface area contributed by atoms with Crippen LogP contribution in [-0.4, -0.2) is 38.2 Å². The Balaban J connectivity index is 2.28. The second kappa shape index (κ2) is 9.16. The van der Waals surface area contributed by atoms with Crippen molar-refractivity contribution in [3.05, 3.63) is 39.8 Å². The Morgan fingerprint density at radius 1 is 1.23 bits per heavy atom. The first-order valence-corrected chi connectivity index (χ1v) is 8.64. The average Bonchev–Trinajstić information content (AvgIpc) is 3.16. The smallest absolute Gasteiger partial charge is 0.307 e. The molecule has 0 spiro atoms. The molecule has 140 valence electrons. The predicted molar refractivity (Wildman–Crippen MR) is 96.4 cm³/mol. The van der Waals surface area contributed by atoms with E-state index in [-0.39, 0.29) is 18.7 Å². The summed E-state index contributed by atoms with van der Waals surface area (Å²) in [7, 11) is 4.34. The van der Waals surface area contributed by atoms with Gasteiger partial charge in [-0.1, -0.05) is 6.07 Å². The number of nitrogens with zero attached hydrogens (tertiary/aromatic N) is 1. The van der Waals surface area contributed by atoms with Crippen molar-refractivity contribution in [2.45, 2.75) is 19.0 Å². The molecule has 1 aromatic carbocycles. The fraction of sp³-hybridized carbons (Fsp3) is 0.353. The van der Waals surface area contributed by atoms with Crippen LogP contribution >= 0.6 is 11.3 Å². The molecule has 0 bridgehead atoms. The van der Waals surface area contributed by atoms with Crippen molar-refractivity contribution in [2.75, 3.05) is 21.3 Å². The molecule has 26 heavy (non-hydrogen) atoms. The third-order valence-corrected chi connectivity index (χ3v) is 4.54. The number of benzene rings is 1. The Labute approximate surface area is 155 Å². The molecule has 9 heteroatoms. The molecule has 0 saturated heterocycles. The molecule has 1 unspecified atom stereocenters. The quantitative estimate of drug-likeness (QED) is 0.671. The number of methoxy groups -OCH3 is 3. The summed E-state index contributed by atoms with van der Waals surface area (Å²) >= 11 is 1.31. The van der Waals surface area contributed by atoms with Crippen molar-refractivity contribution in [1.82, 2.24) is 10.3 Å². The first-order chi connectivity index (χ1) is 12.5. The van der Waals surface area contributed by atoms with Crippen molar-refractivity contribution in [3.8, 4) is 11.5 Å². The van der Waals surface area contributed by atoms with E-state index in [4.69, 9.17) is 19.9 Å². The zero-order chi connectivity index (χ0) is 19.1. The van der Waals surface area contributed by atoms with Crippen LogP contribution in [0, 0.1) is 0 Å². The number of amides is 1. The van der Waals surface area contributed by atoms with Crippen LogP contribution in [-0.2, 0) is 16.1 Å². The fourth-order valence-corrected chi connectivity index (χ4v) is 2.97. The number of esters is 1. The number of hydrogen-bond acceptors (Lipinski definition) is 8. The molecule has 0 aliphatic heterocycles. The van der Waals surface area contributed by atoms with Gasteiger partial charge in [0.25, 0.3) is 5.91 Å². The number of nitrogens with two attached hydrogens (primary N) is 1. The highest BCUT2D eigenvalue weighted by Crippen LogP contribution is 2.31. The fourth-order valence-electron chi connectivity index (χ4n) is 2.31. The maximum absolute atomic E-state index is 12.5. The first-order valence-electron chi connectivity index (χ1n) is 7.76. The van der Waals surface area contributed by atoms with E-state index in [1.54, 1.807) is 23.6 Å². The van der Waals surface area contributed by atoms with Crippen LogP contribution in [0.2, 0.25) is 0 Å². The minimum Gasteiger partial charge on any atom is -0.493 e. The van der Waals surface area contributed by atoms with Crippen LogP contribution in [0.4, 0.5) is 0 Å². The van der Waals surface area contributed by atoms with Gasteiger partial charge in [0.1, 0.15) is 10.7 Å². The lowest BCUT2D eigenvalue weighted by Crippen LogP contribution is -2.30. The van der Waals surface area contributed by atoms with E-state index in [0.29, 0.717) is 22.1 Å². The molecule has 2 rings (SSSR count). The number of hydrogen-bond donors (Lipinski definition) is 2. The molecular weight excluding hydrogens is 358 g/mol. The lowest BCUT2D eigenvalue weighted by atomic mass is 10.0. The van der Waals surface area contributed by atoms with E-state index in [1.165, 1.54) is 32.7 Å². The van der Waals surface area contributed by atoms with Crippen LogP contribution in [0.25, 0.3) is 0 Å². The maximum Gasteiger partial charge on any atom is 0.307 e. The van der Waals surface area contributed by atoms with Gasteiger partial charge in [0, 0.05) is 11.9 Å². The molecule has 1 heterocycles. The van der Waals surface area contributed by atoms with Gasteiger partial charge in [0.15, 0.2) is 11.5 Å². The summed E-state index contributed by atoms with van der Waals surface area (Å²) in [4.78, 5) is 28.4. The molecule has 1 atom stereocenters. The SMILES string of the molecule is COC(=O)CC(NC(=O)c1csc(CN)n1)c1ccc(OC)c(OC)c1. The Morgan fingerprint density at radius 3 is 2.54 bits per heavy atom. The standard InChI is InChI=1S/C17H21N3O5S/c1-23-13-5-4-10(6-14(13)24-2)11(7-16(21)25-3)20-17(22)12-9-26-15(8-18)19-12/h4-6,9,11H,7-8,18H2,1-3H3,(H,20,22). The Hall–Kier alpha value is -2.65. The number of aromatic nitrogens is 1. The summed E-state index contributed by atoms with van der Waals surface area (Å²) in [6, 6.07) is 4.55. The lowest BCUT2D eigenvalue weighted by Gasteiger charge is -2.19. The summed E-state index contributed by atoms with van der Waals surface area (Å²) in [6.45, 7) is 0.263. The van der Waals surface area contributed by atoms with Crippen molar-refractivity contribution < 1.29 is 23.8 Å². The highest BCUT2D eigenvalue weighted by Gasteiger charge is 2.22. The van der Waals surface area contributed by atoms with Gasteiger partial charge >= 0.3 is 5.97 Å². The van der Waals surface area contributed by atoms with Gasteiger partial charge in [0.2, 0.25) is 0 Å². The number of carbonyl (C=O) groups is 2. The molecule has 0 saturated carbocycles. The van der Waals surface area contributed by atoms with E-state index in [9.17, 15) is 9.59 Å². The molecule has 0 radical (unpaired) electrons. The van der Waals surface area contributed by atoms with Crippen LogP contribution in [0.3, 0.4) is 0 Å². The monoisotopic (exact) mass is 379 g/mol. The van der Waals surface area contributed by atoms with Crippen molar-refractivity contribution >= 4 is 23.2 Å². The second-order valence-electron chi connectivity index (χ2n) is 5.25. The molecule has 3 N–H and O–H groups in total. The second-order valence-corrected chi connectivity index (χ2v) is 6.19. The predicted octanol–water partition coefficient (Wildman–Crippen LogP) is 1.65. The largest absolute Gasteiger partial charge is 0.493 e. The van der Waals surface area contributed by atoms with E-state index in [0.717, 1.165) is 0 Å². The molecular formula is C17H21N3O5S. The third kappa shape index (κ3) is 4.70. The summed E-state index contributed by atoms with van der Waals surface area (Å²) < 4.78 is 15.2. The van der Waals surface area contributed by atoms with Gasteiger partial charge in [-0.3, -0.25) is 9.59 Å². The van der Waals surface area contributed by atoms with Crippen LogP contribution in [0.1, 0.15) is 33.5 Å². The molecule has 0 fully saturated rings. The number of ether oxygens (including phenoxy) is 3. The van der Waals surface area contributed by atoms with Gasteiger partial charge in [-0.15, -0.1) is 11.3 Å². The summed E-state index contributed by atoms with van der Waals surface area (Å²) in [5.41, 5.74) is 6.46. The number of rotatable bonds is 8. The van der Waals surface area contributed by atoms with Crippen molar-refractivity contribution in [1.29, 1.82) is 0 Å². The number of carbonyl (C=O) groups excluding carboxylic acids is 2. The van der Waals surface area contributed by atoms with Gasteiger partial charge in [0.05, 0.1) is 33.8 Å². The highest BCUT2D eigenvalue weighted by atomic mass is 32.1. The first kappa shape index (κ1) is 19.7. The maximum atomic E-state index is 12.5. The summed E-state index contributed by atoms with van der Waals surface area (Å²) in [5, 5.41) is 5.09. The third-order valence-electron chi connectivity index (χ3n) is 3.67. The van der Waals surface area contributed by atoms with E-state index >= 15 is 0 Å². The van der Waals surface area contributed by atoms with E-state index < -0.39 is 17.9 Å². The number of thiazole rings is 1. The average molecular weight is 379 g/mol. The van der Waals surface area contributed by atoms with Gasteiger partial charge < -0.3 is 25.3 Å². The van der Waals surface area contributed by atoms with E-state index in [1.807, 2.05) is 0 Å². The van der Waals surface area contributed by atoms with E-state index in [2.05, 4.69) is 10.3 Å².